The van der Waals surface area contributed by atoms with Crippen LogP contribution in [0.5, 0.6) is 0 Å². The topological polar surface area (TPSA) is 82.4 Å². The number of hydrogen-bond donors (Lipinski definition) is 2. The van der Waals surface area contributed by atoms with Gasteiger partial charge in [-0.15, -0.1) is 0 Å². The van der Waals surface area contributed by atoms with E-state index in [0.29, 0.717) is 25.8 Å². The zero-order valence-electron chi connectivity index (χ0n) is 9.80. The van der Waals surface area contributed by atoms with Gasteiger partial charge in [0.05, 0.1) is 18.6 Å². The summed E-state index contributed by atoms with van der Waals surface area (Å²) in [6.07, 6.45) is 0.0729. The van der Waals surface area contributed by atoms with Crippen LogP contribution < -0.4 is 0 Å². The Kier molecular flexibility index (Phi) is 2.40. The van der Waals surface area contributed by atoms with Crippen LogP contribution in [0.25, 0.3) is 0 Å². The maximum atomic E-state index is 12.0. The highest BCUT2D eigenvalue weighted by molar-refractivity contribution is 6.04. The maximum Gasteiger partial charge on any atom is 0.146 e. The third-order valence-electron chi connectivity index (χ3n) is 4.20. The number of Topliss-reactive ketones (excluding diaryl/α,β-unsaturated/α-hetero) is 1. The lowest BCUT2D eigenvalue weighted by Crippen LogP contribution is -2.54. The Morgan fingerprint density at radius 1 is 1.53 bits per heavy atom. The largest absolute Gasteiger partial charge is 0.390 e. The highest BCUT2D eigenvalue weighted by Gasteiger charge is 2.64. The van der Waals surface area contributed by atoms with E-state index in [1.54, 1.807) is 0 Å². The van der Waals surface area contributed by atoms with E-state index in [9.17, 15) is 15.0 Å². The number of aliphatic hydroxyl groups is 2. The van der Waals surface area contributed by atoms with Crippen LogP contribution in [0.4, 0.5) is 0 Å². The zero-order chi connectivity index (χ0) is 12.2. The van der Waals surface area contributed by atoms with Crippen LogP contribution in [0.15, 0.2) is 4.99 Å². The minimum absolute atomic E-state index is 0.0469. The van der Waals surface area contributed by atoms with Crippen molar-refractivity contribution in [3.8, 4) is 0 Å². The average molecular weight is 239 g/mol. The van der Waals surface area contributed by atoms with Gasteiger partial charge in [0.15, 0.2) is 0 Å². The standard InChI is InChI=1S/C12H17NO4/c1-6-4-9(15)7(5-13-6)12(16)3-2-8(14)10-11(12)17-10/h7-8,10-11,14,16H,2-5H2,1H3/t7?,8-,10-,11-,12?/m1/s1. The van der Waals surface area contributed by atoms with Crippen LogP contribution in [-0.4, -0.2) is 52.2 Å². The summed E-state index contributed by atoms with van der Waals surface area (Å²) in [5.41, 5.74) is -0.287. The number of nitrogens with zero attached hydrogens (tertiary/aromatic N) is 1. The second-order valence-electron chi connectivity index (χ2n) is 5.39. The van der Waals surface area contributed by atoms with Crippen molar-refractivity contribution in [1.29, 1.82) is 0 Å². The molecule has 0 aromatic heterocycles. The van der Waals surface area contributed by atoms with Gasteiger partial charge >= 0.3 is 0 Å². The molecule has 2 N–H and O–H groups in total. The summed E-state index contributed by atoms with van der Waals surface area (Å²) >= 11 is 0. The van der Waals surface area contributed by atoms with Crippen molar-refractivity contribution in [1.82, 2.24) is 0 Å². The van der Waals surface area contributed by atoms with Crippen LogP contribution in [0.1, 0.15) is 26.2 Å². The van der Waals surface area contributed by atoms with E-state index in [0.717, 1.165) is 5.71 Å². The molecule has 3 aliphatic rings. The van der Waals surface area contributed by atoms with Crippen LogP contribution >= 0.6 is 0 Å². The molecule has 2 unspecified atom stereocenters. The number of epoxide rings is 1. The highest BCUT2D eigenvalue weighted by atomic mass is 16.6. The highest BCUT2D eigenvalue weighted by Crippen LogP contribution is 2.48. The number of hydrogen-bond acceptors (Lipinski definition) is 5. The lowest BCUT2D eigenvalue weighted by molar-refractivity contribution is -0.135. The summed E-state index contributed by atoms with van der Waals surface area (Å²) in [4.78, 5) is 16.3. The van der Waals surface area contributed by atoms with Crippen LogP contribution in [0.2, 0.25) is 0 Å². The summed E-state index contributed by atoms with van der Waals surface area (Å²) in [5, 5.41) is 20.3. The Morgan fingerprint density at radius 2 is 2.29 bits per heavy atom. The molecule has 5 heteroatoms. The van der Waals surface area contributed by atoms with Crippen LogP contribution in [0, 0.1) is 5.92 Å². The number of aliphatic hydroxyl groups excluding tert-OH is 1. The van der Waals surface area contributed by atoms with Crippen LogP contribution in [-0.2, 0) is 9.53 Å². The first kappa shape index (κ1) is 11.3. The van der Waals surface area contributed by atoms with Crippen molar-refractivity contribution in [2.24, 2.45) is 10.9 Å². The van der Waals surface area contributed by atoms with Gasteiger partial charge < -0.3 is 14.9 Å². The van der Waals surface area contributed by atoms with Crippen molar-refractivity contribution in [3.05, 3.63) is 0 Å². The minimum Gasteiger partial charge on any atom is -0.390 e. The number of aliphatic imine (C=N–C) groups is 1. The first-order valence-electron chi connectivity index (χ1n) is 6.11. The number of fused-ring (bicyclic) bond motifs is 1. The molecule has 1 saturated carbocycles. The van der Waals surface area contributed by atoms with Crippen molar-refractivity contribution in [2.75, 3.05) is 6.54 Å². The molecular weight excluding hydrogens is 222 g/mol. The normalized spacial score (nSPS) is 49.6. The van der Waals surface area contributed by atoms with E-state index < -0.39 is 17.6 Å². The summed E-state index contributed by atoms with van der Waals surface area (Å²) in [6.45, 7) is 2.18. The quantitative estimate of drug-likeness (QED) is 0.615. The molecule has 2 heterocycles. The molecule has 17 heavy (non-hydrogen) atoms. The van der Waals surface area contributed by atoms with Gasteiger partial charge in [0.25, 0.3) is 0 Å². The van der Waals surface area contributed by atoms with E-state index in [4.69, 9.17) is 4.74 Å². The molecule has 3 rings (SSSR count). The Hall–Kier alpha value is -0.780. The smallest absolute Gasteiger partial charge is 0.146 e. The molecule has 0 amide bonds. The lowest BCUT2D eigenvalue weighted by Gasteiger charge is -2.38. The molecule has 5 nitrogen and oxygen atoms in total. The van der Waals surface area contributed by atoms with E-state index in [2.05, 4.69) is 4.99 Å². The van der Waals surface area contributed by atoms with Gasteiger partial charge in [0, 0.05) is 12.1 Å². The SMILES string of the molecule is CC1=NCC(C2(O)CC[C@@H](O)[C@H]3O[C@H]32)C(=O)C1. The Morgan fingerprint density at radius 3 is 3.00 bits per heavy atom. The molecule has 1 saturated heterocycles. The molecule has 0 aromatic carbocycles. The van der Waals surface area contributed by atoms with Gasteiger partial charge in [-0.3, -0.25) is 9.79 Å². The second-order valence-corrected chi connectivity index (χ2v) is 5.39. The van der Waals surface area contributed by atoms with Crippen molar-refractivity contribution >= 4 is 11.5 Å². The molecule has 0 aromatic rings. The van der Waals surface area contributed by atoms with Gasteiger partial charge in [-0.05, 0) is 19.8 Å². The Balaban J connectivity index is 1.82. The fourth-order valence-corrected chi connectivity index (χ4v) is 3.09. The molecule has 0 bridgehead atoms. The lowest BCUT2D eigenvalue weighted by atomic mass is 9.71. The van der Waals surface area contributed by atoms with Gasteiger partial charge in [0.1, 0.15) is 23.6 Å². The van der Waals surface area contributed by atoms with Gasteiger partial charge in [0.2, 0.25) is 0 Å². The molecule has 0 radical (unpaired) electrons. The number of carbonyl (C=O) groups excluding carboxylic acids is 1. The third-order valence-corrected chi connectivity index (χ3v) is 4.20. The molecule has 2 aliphatic heterocycles. The van der Waals surface area contributed by atoms with E-state index in [1.165, 1.54) is 0 Å². The third kappa shape index (κ3) is 1.64. The van der Waals surface area contributed by atoms with Gasteiger partial charge in [-0.25, -0.2) is 0 Å². The van der Waals surface area contributed by atoms with E-state index >= 15 is 0 Å². The fraction of sp³-hybridized carbons (Fsp3) is 0.833. The number of carbonyl (C=O) groups is 1. The fourth-order valence-electron chi connectivity index (χ4n) is 3.09. The molecule has 5 atom stereocenters. The summed E-state index contributed by atoms with van der Waals surface area (Å²) in [5.74, 6) is -0.417. The van der Waals surface area contributed by atoms with Gasteiger partial charge in [-0.1, -0.05) is 0 Å². The maximum absolute atomic E-state index is 12.0. The number of ketones is 1. The molecule has 0 spiro atoms. The Labute approximate surface area is 99.5 Å². The Bertz CT molecular complexity index is 394. The first-order valence-corrected chi connectivity index (χ1v) is 6.11. The molecule has 1 aliphatic carbocycles. The predicted molar refractivity (Wildman–Crippen MR) is 59.9 cm³/mol. The molecule has 2 fully saturated rings. The summed E-state index contributed by atoms with van der Waals surface area (Å²) in [7, 11) is 0. The van der Waals surface area contributed by atoms with Crippen molar-refractivity contribution in [3.63, 3.8) is 0 Å². The molecule has 94 valence electrons. The summed E-state index contributed by atoms with van der Waals surface area (Å²) in [6, 6.07) is 0. The van der Waals surface area contributed by atoms with Crippen molar-refractivity contribution < 1.29 is 19.7 Å². The van der Waals surface area contributed by atoms with E-state index in [1.807, 2.05) is 6.92 Å². The monoisotopic (exact) mass is 239 g/mol. The minimum atomic E-state index is -1.12. The zero-order valence-corrected chi connectivity index (χ0v) is 9.80. The summed E-state index contributed by atoms with van der Waals surface area (Å²) < 4.78 is 5.33. The van der Waals surface area contributed by atoms with Crippen LogP contribution in [0.3, 0.4) is 0 Å². The van der Waals surface area contributed by atoms with Crippen molar-refractivity contribution in [2.45, 2.75) is 50.1 Å². The number of ether oxygens (including phenoxy) is 1. The average Bonchev–Trinajstić information content (AvgIpc) is 3.05. The van der Waals surface area contributed by atoms with Gasteiger partial charge in [-0.2, -0.15) is 0 Å². The molecular formula is C12H17NO4. The predicted octanol–water partition coefficient (Wildman–Crippen LogP) is -0.310. The first-order chi connectivity index (χ1) is 8.02. The second kappa shape index (κ2) is 3.60. The number of rotatable bonds is 1. The van der Waals surface area contributed by atoms with E-state index in [-0.39, 0.29) is 18.0 Å².